The molecule has 1 aromatic heterocycles. The predicted octanol–water partition coefficient (Wildman–Crippen LogP) is 4.01. The molecule has 0 saturated heterocycles. The molecule has 6 heteroatoms. The molecule has 0 amide bonds. The number of methoxy groups -OCH3 is 1. The van der Waals surface area contributed by atoms with E-state index < -0.39 is 0 Å². The monoisotopic (exact) mass is 350 g/mol. The summed E-state index contributed by atoms with van der Waals surface area (Å²) in [5, 5.41) is 14.6. The Balaban J connectivity index is 1.78. The van der Waals surface area contributed by atoms with Gasteiger partial charge in [-0.25, -0.2) is 0 Å². The number of ether oxygens (including phenoxy) is 1. The van der Waals surface area contributed by atoms with Gasteiger partial charge in [-0.05, 0) is 43.7 Å². The fourth-order valence-electron chi connectivity index (χ4n) is 2.77. The average molecular weight is 350 g/mol. The van der Waals surface area contributed by atoms with E-state index in [1.54, 1.807) is 18.9 Å². The lowest BCUT2D eigenvalue weighted by atomic mass is 10.1. The zero-order valence-electron chi connectivity index (χ0n) is 14.3. The Labute approximate surface area is 150 Å². The van der Waals surface area contributed by atoms with Gasteiger partial charge in [0, 0.05) is 5.56 Å². The summed E-state index contributed by atoms with van der Waals surface area (Å²) in [6.07, 6.45) is 0. The molecule has 25 heavy (non-hydrogen) atoms. The van der Waals surface area contributed by atoms with Gasteiger partial charge in [0.2, 0.25) is 5.16 Å². The summed E-state index contributed by atoms with van der Waals surface area (Å²) in [4.78, 5) is 0. The molecule has 5 nitrogen and oxygen atoms in total. The summed E-state index contributed by atoms with van der Waals surface area (Å²) in [6.45, 7) is 4.24. The lowest BCUT2D eigenvalue weighted by Crippen LogP contribution is -2.21. The van der Waals surface area contributed by atoms with Crippen LogP contribution in [0.3, 0.4) is 0 Å². The summed E-state index contributed by atoms with van der Waals surface area (Å²) in [6, 6.07) is 16.2. The first kappa shape index (κ1) is 15.9. The Kier molecular flexibility index (Phi) is 4.05. The van der Waals surface area contributed by atoms with Gasteiger partial charge < -0.3 is 4.74 Å². The first-order valence-electron chi connectivity index (χ1n) is 8.08. The normalized spacial score (nSPS) is 16.3. The van der Waals surface area contributed by atoms with Crippen LogP contribution in [0.25, 0.3) is 11.4 Å². The van der Waals surface area contributed by atoms with Crippen LogP contribution in [0.15, 0.2) is 58.8 Å². The van der Waals surface area contributed by atoms with Crippen LogP contribution >= 0.6 is 11.8 Å². The minimum Gasteiger partial charge on any atom is -0.497 e. The van der Waals surface area contributed by atoms with Crippen LogP contribution in [0.2, 0.25) is 0 Å². The van der Waals surface area contributed by atoms with Crippen LogP contribution in [-0.4, -0.2) is 32.9 Å². The molecule has 0 fully saturated rings. The molecule has 0 spiro atoms. The van der Waals surface area contributed by atoms with E-state index in [0.717, 1.165) is 33.6 Å². The molecule has 2 heterocycles. The second-order valence-corrected chi connectivity index (χ2v) is 7.27. The van der Waals surface area contributed by atoms with Crippen LogP contribution in [0, 0.1) is 6.92 Å². The maximum atomic E-state index is 5.22. The lowest BCUT2D eigenvalue weighted by molar-refractivity contribution is 0.415. The van der Waals surface area contributed by atoms with E-state index in [1.165, 1.54) is 5.56 Å². The summed E-state index contributed by atoms with van der Waals surface area (Å²) < 4.78 is 7.06. The highest BCUT2D eigenvalue weighted by atomic mass is 32.2. The third kappa shape index (κ3) is 2.93. The van der Waals surface area contributed by atoms with E-state index in [9.17, 15) is 0 Å². The summed E-state index contributed by atoms with van der Waals surface area (Å²) in [5.41, 5.74) is 4.36. The van der Waals surface area contributed by atoms with Crippen molar-refractivity contribution in [1.29, 1.82) is 0 Å². The van der Waals surface area contributed by atoms with Crippen molar-refractivity contribution < 1.29 is 4.74 Å². The van der Waals surface area contributed by atoms with E-state index >= 15 is 0 Å². The van der Waals surface area contributed by atoms with Gasteiger partial charge in [0.25, 0.3) is 0 Å². The van der Waals surface area contributed by atoms with Gasteiger partial charge in [-0.1, -0.05) is 41.6 Å². The van der Waals surface area contributed by atoms with Gasteiger partial charge in [0.1, 0.15) is 5.75 Å². The Hall–Kier alpha value is -2.60. The molecule has 1 aliphatic heterocycles. The number of thioether (sulfide) groups is 1. The maximum absolute atomic E-state index is 5.22. The largest absolute Gasteiger partial charge is 0.497 e. The van der Waals surface area contributed by atoms with Gasteiger partial charge in [0.05, 0.1) is 18.1 Å². The van der Waals surface area contributed by atoms with E-state index in [1.807, 2.05) is 28.9 Å². The van der Waals surface area contributed by atoms with Crippen molar-refractivity contribution in [2.24, 2.45) is 5.10 Å². The number of fused-ring (bicyclic) bond motifs is 1. The molecule has 4 rings (SSSR count). The molecule has 0 radical (unpaired) electrons. The molecule has 0 bridgehead atoms. The molecule has 1 atom stereocenters. The Morgan fingerprint density at radius 1 is 0.960 bits per heavy atom. The minimum atomic E-state index is 0.225. The highest BCUT2D eigenvalue weighted by Gasteiger charge is 2.26. The number of aryl methyl sites for hydroxylation is 1. The molecule has 0 N–H and O–H groups in total. The number of benzene rings is 2. The highest BCUT2D eigenvalue weighted by molar-refractivity contribution is 8.00. The van der Waals surface area contributed by atoms with E-state index in [4.69, 9.17) is 9.84 Å². The third-order valence-corrected chi connectivity index (χ3v) is 5.22. The Morgan fingerprint density at radius 3 is 2.32 bits per heavy atom. The second-order valence-electron chi connectivity index (χ2n) is 5.96. The molecule has 2 aromatic carbocycles. The van der Waals surface area contributed by atoms with Gasteiger partial charge in [-0.3, -0.25) is 0 Å². The highest BCUT2D eigenvalue weighted by Crippen LogP contribution is 2.33. The Bertz CT molecular complexity index is 929. The van der Waals surface area contributed by atoms with Crippen molar-refractivity contribution in [2.45, 2.75) is 24.3 Å². The SMILES string of the molecule is COc1ccc(-c2nnc3n2N=C(c2ccc(C)cc2)[C@H](C)S3)cc1. The van der Waals surface area contributed by atoms with E-state index in [2.05, 4.69) is 48.3 Å². The molecule has 0 aliphatic carbocycles. The smallest absolute Gasteiger partial charge is 0.213 e. The van der Waals surface area contributed by atoms with Crippen molar-refractivity contribution in [3.63, 3.8) is 0 Å². The molecule has 1 aliphatic rings. The maximum Gasteiger partial charge on any atom is 0.213 e. The van der Waals surface area contributed by atoms with Crippen LogP contribution in [0.5, 0.6) is 5.75 Å². The number of hydrogen-bond donors (Lipinski definition) is 0. The minimum absolute atomic E-state index is 0.225. The van der Waals surface area contributed by atoms with Crippen LogP contribution in [0.4, 0.5) is 0 Å². The summed E-state index contributed by atoms with van der Waals surface area (Å²) in [7, 11) is 1.66. The average Bonchev–Trinajstić information content (AvgIpc) is 3.04. The van der Waals surface area contributed by atoms with Gasteiger partial charge in [-0.2, -0.15) is 9.78 Å². The zero-order chi connectivity index (χ0) is 17.4. The fraction of sp³-hybridized carbons (Fsp3) is 0.211. The van der Waals surface area contributed by atoms with Crippen molar-refractivity contribution in [3.8, 4) is 17.1 Å². The second kappa shape index (κ2) is 6.37. The predicted molar refractivity (Wildman–Crippen MR) is 100 cm³/mol. The molecule has 3 aromatic rings. The summed E-state index contributed by atoms with van der Waals surface area (Å²) in [5.74, 6) is 1.55. The van der Waals surface area contributed by atoms with Crippen LogP contribution in [0.1, 0.15) is 18.1 Å². The van der Waals surface area contributed by atoms with Gasteiger partial charge >= 0.3 is 0 Å². The number of hydrogen-bond acceptors (Lipinski definition) is 5. The molecule has 0 unspecified atom stereocenters. The zero-order valence-corrected chi connectivity index (χ0v) is 15.1. The molecular weight excluding hydrogens is 332 g/mol. The van der Waals surface area contributed by atoms with Gasteiger partial charge in [-0.15, -0.1) is 10.2 Å². The first-order chi connectivity index (χ1) is 12.2. The van der Waals surface area contributed by atoms with Crippen molar-refractivity contribution in [2.75, 3.05) is 7.11 Å². The fourth-order valence-corrected chi connectivity index (χ4v) is 3.70. The molecule has 0 saturated carbocycles. The number of rotatable bonds is 3. The van der Waals surface area contributed by atoms with E-state index in [-0.39, 0.29) is 5.25 Å². The number of aromatic nitrogens is 3. The van der Waals surface area contributed by atoms with Crippen LogP contribution in [-0.2, 0) is 0 Å². The number of nitrogens with zero attached hydrogens (tertiary/aromatic N) is 4. The quantitative estimate of drug-likeness (QED) is 0.716. The lowest BCUT2D eigenvalue weighted by Gasteiger charge is -2.20. The topological polar surface area (TPSA) is 52.3 Å². The summed E-state index contributed by atoms with van der Waals surface area (Å²) >= 11 is 1.68. The van der Waals surface area contributed by atoms with Crippen molar-refractivity contribution in [1.82, 2.24) is 14.9 Å². The van der Waals surface area contributed by atoms with Crippen LogP contribution < -0.4 is 4.74 Å². The van der Waals surface area contributed by atoms with Crippen molar-refractivity contribution >= 4 is 17.5 Å². The standard InChI is InChI=1S/C19H18N4OS/c1-12-4-6-14(7-5-12)17-13(2)25-19-21-20-18(23(19)22-17)15-8-10-16(24-3)11-9-15/h4-11,13H,1-3H3/t13-/m0/s1. The third-order valence-electron chi connectivity index (χ3n) is 4.18. The first-order valence-corrected chi connectivity index (χ1v) is 8.96. The Morgan fingerprint density at radius 2 is 1.64 bits per heavy atom. The van der Waals surface area contributed by atoms with E-state index in [0.29, 0.717) is 0 Å². The van der Waals surface area contributed by atoms with Gasteiger partial charge in [0.15, 0.2) is 5.82 Å². The molecule has 126 valence electrons. The van der Waals surface area contributed by atoms with Crippen molar-refractivity contribution in [3.05, 3.63) is 59.7 Å². The molecular formula is C19H18N4OS.